The molecular formula is C12H19N3O3S. The highest BCUT2D eigenvalue weighted by atomic mass is 32.2. The molecule has 0 spiro atoms. The summed E-state index contributed by atoms with van der Waals surface area (Å²) in [5.74, 6) is 0.367. The maximum atomic E-state index is 12.6. The van der Waals surface area contributed by atoms with Gasteiger partial charge in [0.2, 0.25) is 10.0 Å². The topological polar surface area (TPSA) is 71.5 Å². The monoisotopic (exact) mass is 285 g/mol. The molecule has 1 N–H and O–H groups in total. The molecule has 1 fully saturated rings. The van der Waals surface area contributed by atoms with Crippen LogP contribution in [-0.4, -0.2) is 50.1 Å². The summed E-state index contributed by atoms with van der Waals surface area (Å²) in [6, 6.07) is 3.19. The van der Waals surface area contributed by atoms with Gasteiger partial charge in [0.25, 0.3) is 0 Å². The summed E-state index contributed by atoms with van der Waals surface area (Å²) < 4.78 is 32.3. The Balaban J connectivity index is 2.37. The van der Waals surface area contributed by atoms with Gasteiger partial charge in [-0.15, -0.1) is 0 Å². The summed E-state index contributed by atoms with van der Waals surface area (Å²) in [4.78, 5) is 4.25. The van der Waals surface area contributed by atoms with Crippen molar-refractivity contribution in [2.75, 3.05) is 32.1 Å². The number of pyridine rings is 1. The van der Waals surface area contributed by atoms with Crippen LogP contribution in [0.1, 0.15) is 13.8 Å². The summed E-state index contributed by atoms with van der Waals surface area (Å²) in [6.07, 6.45) is 1.56. The van der Waals surface area contributed by atoms with Crippen molar-refractivity contribution >= 4 is 15.8 Å². The highest BCUT2D eigenvalue weighted by Gasteiger charge is 2.36. The summed E-state index contributed by atoms with van der Waals surface area (Å²) in [6.45, 7) is 4.88. The Morgan fingerprint density at radius 1 is 1.47 bits per heavy atom. The van der Waals surface area contributed by atoms with Crippen molar-refractivity contribution in [3.8, 4) is 0 Å². The van der Waals surface area contributed by atoms with Crippen molar-refractivity contribution in [2.45, 2.75) is 24.3 Å². The molecule has 0 saturated carbocycles. The number of rotatable bonds is 3. The molecule has 0 radical (unpaired) electrons. The van der Waals surface area contributed by atoms with Crippen LogP contribution in [0.2, 0.25) is 0 Å². The summed E-state index contributed by atoms with van der Waals surface area (Å²) >= 11 is 0. The fraction of sp³-hybridized carbons (Fsp3) is 0.583. The van der Waals surface area contributed by atoms with E-state index in [1.807, 2.05) is 13.8 Å². The van der Waals surface area contributed by atoms with E-state index in [9.17, 15) is 8.42 Å². The van der Waals surface area contributed by atoms with Gasteiger partial charge < -0.3 is 10.1 Å². The van der Waals surface area contributed by atoms with E-state index in [-0.39, 0.29) is 4.90 Å². The molecule has 106 valence electrons. The predicted octanol–water partition coefficient (Wildman–Crippen LogP) is 0.923. The number of hydrogen-bond donors (Lipinski definition) is 1. The minimum atomic E-state index is -3.55. The van der Waals surface area contributed by atoms with Gasteiger partial charge in [0.1, 0.15) is 10.7 Å². The molecule has 0 aromatic carbocycles. The standard InChI is InChI=1S/C12H19N3O3S/c1-12(2)9-15(7-8-18-12)19(16,17)10-5-4-6-14-11(10)13-3/h4-6H,7-9H2,1-3H3,(H,13,14). The lowest BCUT2D eigenvalue weighted by atomic mass is 10.1. The molecule has 1 aliphatic heterocycles. The molecule has 0 atom stereocenters. The third kappa shape index (κ3) is 2.88. The fourth-order valence-corrected chi connectivity index (χ4v) is 3.83. The lowest BCUT2D eigenvalue weighted by Crippen LogP contribution is -2.50. The van der Waals surface area contributed by atoms with Crippen molar-refractivity contribution in [1.29, 1.82) is 0 Å². The van der Waals surface area contributed by atoms with E-state index in [4.69, 9.17) is 4.74 Å². The highest BCUT2D eigenvalue weighted by molar-refractivity contribution is 7.89. The van der Waals surface area contributed by atoms with Gasteiger partial charge >= 0.3 is 0 Å². The number of nitrogens with zero attached hydrogens (tertiary/aromatic N) is 2. The Bertz CT molecular complexity index is 557. The van der Waals surface area contributed by atoms with E-state index in [0.29, 0.717) is 25.5 Å². The van der Waals surface area contributed by atoms with Crippen LogP contribution in [0.4, 0.5) is 5.82 Å². The SMILES string of the molecule is CNc1ncccc1S(=O)(=O)N1CCOC(C)(C)C1. The van der Waals surface area contributed by atoms with E-state index in [0.717, 1.165) is 0 Å². The first-order valence-corrected chi connectivity index (χ1v) is 7.58. The normalized spacial score (nSPS) is 20.2. The van der Waals surface area contributed by atoms with Crippen LogP contribution in [0.3, 0.4) is 0 Å². The zero-order chi connectivity index (χ0) is 14.1. The maximum Gasteiger partial charge on any atom is 0.246 e. The average Bonchev–Trinajstić information content (AvgIpc) is 2.37. The van der Waals surface area contributed by atoms with Gasteiger partial charge in [-0.2, -0.15) is 4.31 Å². The van der Waals surface area contributed by atoms with Gasteiger partial charge in [0.05, 0.1) is 12.2 Å². The van der Waals surface area contributed by atoms with Crippen molar-refractivity contribution in [3.05, 3.63) is 18.3 Å². The van der Waals surface area contributed by atoms with Crippen LogP contribution < -0.4 is 5.32 Å². The van der Waals surface area contributed by atoms with Crippen molar-refractivity contribution in [1.82, 2.24) is 9.29 Å². The fourth-order valence-electron chi connectivity index (χ4n) is 2.10. The summed E-state index contributed by atoms with van der Waals surface area (Å²) in [7, 11) is -1.89. The molecule has 1 saturated heterocycles. The second kappa shape index (κ2) is 5.07. The number of sulfonamides is 1. The molecule has 1 aromatic rings. The molecule has 1 aliphatic rings. The van der Waals surface area contributed by atoms with Gasteiger partial charge in [-0.1, -0.05) is 0 Å². The first-order chi connectivity index (χ1) is 8.87. The van der Waals surface area contributed by atoms with Gasteiger partial charge in [0.15, 0.2) is 0 Å². The molecule has 2 rings (SSSR count). The zero-order valence-corrected chi connectivity index (χ0v) is 12.2. The summed E-state index contributed by atoms with van der Waals surface area (Å²) in [5.41, 5.74) is -0.465. The molecule has 19 heavy (non-hydrogen) atoms. The Labute approximate surface area is 113 Å². The first kappa shape index (κ1) is 14.2. The van der Waals surface area contributed by atoms with Gasteiger partial charge in [-0.3, -0.25) is 0 Å². The van der Waals surface area contributed by atoms with Crippen LogP contribution >= 0.6 is 0 Å². The zero-order valence-electron chi connectivity index (χ0n) is 11.4. The minimum absolute atomic E-state index is 0.204. The average molecular weight is 285 g/mol. The van der Waals surface area contributed by atoms with Crippen LogP contribution in [0.5, 0.6) is 0 Å². The third-order valence-corrected chi connectivity index (χ3v) is 4.89. The molecule has 0 amide bonds. The Morgan fingerprint density at radius 2 is 2.21 bits per heavy atom. The lowest BCUT2D eigenvalue weighted by Gasteiger charge is -2.37. The number of ether oxygens (including phenoxy) is 1. The van der Waals surface area contributed by atoms with E-state index in [1.165, 1.54) is 4.31 Å². The largest absolute Gasteiger partial charge is 0.373 e. The molecule has 7 heteroatoms. The Kier molecular flexibility index (Phi) is 3.80. The molecule has 1 aromatic heterocycles. The smallest absolute Gasteiger partial charge is 0.246 e. The van der Waals surface area contributed by atoms with E-state index in [1.54, 1.807) is 25.4 Å². The second-order valence-electron chi connectivity index (χ2n) is 5.05. The van der Waals surface area contributed by atoms with E-state index < -0.39 is 15.6 Å². The molecule has 0 bridgehead atoms. The van der Waals surface area contributed by atoms with Crippen LogP contribution in [0, 0.1) is 0 Å². The third-order valence-electron chi connectivity index (χ3n) is 3.02. The molecule has 2 heterocycles. The van der Waals surface area contributed by atoms with Crippen molar-refractivity contribution in [3.63, 3.8) is 0 Å². The number of hydrogen-bond acceptors (Lipinski definition) is 5. The van der Waals surface area contributed by atoms with Gasteiger partial charge in [-0.25, -0.2) is 13.4 Å². The number of anilines is 1. The Hall–Kier alpha value is -1.18. The molecule has 0 aliphatic carbocycles. The van der Waals surface area contributed by atoms with Gasteiger partial charge in [0, 0.05) is 26.3 Å². The second-order valence-corrected chi connectivity index (χ2v) is 6.95. The molecule has 6 nitrogen and oxygen atoms in total. The quantitative estimate of drug-likeness (QED) is 0.894. The number of morpholine rings is 1. The van der Waals surface area contributed by atoms with E-state index >= 15 is 0 Å². The first-order valence-electron chi connectivity index (χ1n) is 6.14. The maximum absolute atomic E-state index is 12.6. The van der Waals surface area contributed by atoms with Crippen molar-refractivity contribution in [2.24, 2.45) is 0 Å². The minimum Gasteiger partial charge on any atom is -0.373 e. The lowest BCUT2D eigenvalue weighted by molar-refractivity contribution is -0.0640. The Morgan fingerprint density at radius 3 is 2.84 bits per heavy atom. The molecule has 0 unspecified atom stereocenters. The predicted molar refractivity (Wildman–Crippen MR) is 72.6 cm³/mol. The van der Waals surface area contributed by atoms with Gasteiger partial charge in [-0.05, 0) is 26.0 Å². The van der Waals surface area contributed by atoms with E-state index in [2.05, 4.69) is 10.3 Å². The summed E-state index contributed by atoms with van der Waals surface area (Å²) in [5, 5.41) is 2.81. The van der Waals surface area contributed by atoms with Crippen LogP contribution in [0.15, 0.2) is 23.2 Å². The molecular weight excluding hydrogens is 266 g/mol. The highest BCUT2D eigenvalue weighted by Crippen LogP contribution is 2.26. The van der Waals surface area contributed by atoms with Crippen LogP contribution in [0.25, 0.3) is 0 Å². The van der Waals surface area contributed by atoms with Crippen molar-refractivity contribution < 1.29 is 13.2 Å². The number of nitrogens with one attached hydrogen (secondary N) is 1. The van der Waals surface area contributed by atoms with Crippen LogP contribution in [-0.2, 0) is 14.8 Å². The number of aromatic nitrogens is 1.